The lowest BCUT2D eigenvalue weighted by Gasteiger charge is -2.32. The second kappa shape index (κ2) is 8.68. The minimum Gasteiger partial charge on any atom is -0.352 e. The van der Waals surface area contributed by atoms with Crippen molar-refractivity contribution in [2.75, 3.05) is 13.1 Å². The highest BCUT2D eigenvalue weighted by Crippen LogP contribution is 2.16. The molecular formula is C21H25ClN6O3. The molecule has 1 amide bonds. The van der Waals surface area contributed by atoms with E-state index in [-0.39, 0.29) is 18.5 Å². The number of aryl methyl sites for hydroxylation is 2. The third-order valence-corrected chi connectivity index (χ3v) is 6.03. The van der Waals surface area contributed by atoms with Gasteiger partial charge in [0, 0.05) is 44.8 Å². The van der Waals surface area contributed by atoms with Crippen molar-refractivity contribution in [2.24, 2.45) is 14.1 Å². The van der Waals surface area contributed by atoms with Crippen LogP contribution in [-0.4, -0.2) is 48.6 Å². The number of benzene rings is 1. The van der Waals surface area contributed by atoms with E-state index in [0.29, 0.717) is 11.2 Å². The quantitative estimate of drug-likeness (QED) is 0.630. The van der Waals surface area contributed by atoms with Crippen molar-refractivity contribution in [3.05, 3.63) is 62.0 Å². The molecule has 10 heteroatoms. The van der Waals surface area contributed by atoms with E-state index >= 15 is 0 Å². The maximum atomic E-state index is 12.7. The van der Waals surface area contributed by atoms with Crippen LogP contribution in [0.5, 0.6) is 0 Å². The molecule has 0 aliphatic carbocycles. The Morgan fingerprint density at radius 2 is 1.84 bits per heavy atom. The van der Waals surface area contributed by atoms with Crippen molar-refractivity contribution in [1.29, 1.82) is 0 Å². The highest BCUT2D eigenvalue weighted by molar-refractivity contribution is 6.30. The van der Waals surface area contributed by atoms with Gasteiger partial charge in [0.15, 0.2) is 11.2 Å². The highest BCUT2D eigenvalue weighted by Gasteiger charge is 2.22. The standard InChI is InChI=1S/C21H25ClN6O3/c1-25-13-23-19-18(25)20(30)28(21(31)26(19)2)12-17(29)24-16-7-9-27(10-8-16)11-14-3-5-15(22)6-4-14/h3-6,13,16H,7-12H2,1-2H3,(H,24,29). The fourth-order valence-electron chi connectivity index (χ4n) is 4.04. The van der Waals surface area contributed by atoms with E-state index in [4.69, 9.17) is 11.6 Å². The number of carbonyl (C=O) groups excluding carboxylic acids is 1. The lowest BCUT2D eigenvalue weighted by Crippen LogP contribution is -2.48. The Bertz CT molecular complexity index is 1220. The molecule has 9 nitrogen and oxygen atoms in total. The van der Waals surface area contributed by atoms with Gasteiger partial charge in [0.2, 0.25) is 5.91 Å². The number of fused-ring (bicyclic) bond motifs is 1. The summed E-state index contributed by atoms with van der Waals surface area (Å²) in [6, 6.07) is 7.84. The fraction of sp³-hybridized carbons (Fsp3) is 0.429. The van der Waals surface area contributed by atoms with Crippen LogP contribution in [0.3, 0.4) is 0 Å². The molecule has 1 fully saturated rings. The first-order valence-electron chi connectivity index (χ1n) is 10.2. The highest BCUT2D eigenvalue weighted by atomic mass is 35.5. The zero-order chi connectivity index (χ0) is 22.1. The first-order valence-corrected chi connectivity index (χ1v) is 10.6. The Hall–Kier alpha value is -2.91. The van der Waals surface area contributed by atoms with Gasteiger partial charge in [-0.05, 0) is 30.5 Å². The number of nitrogens with one attached hydrogen (secondary N) is 1. The van der Waals surface area contributed by atoms with Crippen molar-refractivity contribution < 1.29 is 4.79 Å². The predicted molar refractivity (Wildman–Crippen MR) is 118 cm³/mol. The second-order valence-electron chi connectivity index (χ2n) is 8.00. The van der Waals surface area contributed by atoms with Crippen molar-refractivity contribution >= 4 is 28.7 Å². The summed E-state index contributed by atoms with van der Waals surface area (Å²) in [5, 5.41) is 3.70. The molecule has 2 aromatic heterocycles. The van der Waals surface area contributed by atoms with E-state index in [1.54, 1.807) is 18.7 Å². The lowest BCUT2D eigenvalue weighted by molar-refractivity contribution is -0.122. The number of carbonyl (C=O) groups is 1. The molecule has 0 unspecified atom stereocenters. The van der Waals surface area contributed by atoms with Crippen molar-refractivity contribution in [3.63, 3.8) is 0 Å². The van der Waals surface area contributed by atoms with Gasteiger partial charge in [0.1, 0.15) is 6.54 Å². The summed E-state index contributed by atoms with van der Waals surface area (Å²) in [5.74, 6) is -0.336. The largest absolute Gasteiger partial charge is 0.352 e. The summed E-state index contributed by atoms with van der Waals surface area (Å²) in [5.41, 5.74) is 0.746. The molecule has 1 N–H and O–H groups in total. The van der Waals surface area contributed by atoms with E-state index in [2.05, 4.69) is 15.2 Å². The van der Waals surface area contributed by atoms with E-state index in [9.17, 15) is 14.4 Å². The number of piperidine rings is 1. The van der Waals surface area contributed by atoms with Crippen molar-refractivity contribution in [3.8, 4) is 0 Å². The Morgan fingerprint density at radius 3 is 2.52 bits per heavy atom. The summed E-state index contributed by atoms with van der Waals surface area (Å²) >= 11 is 5.94. The van der Waals surface area contributed by atoms with E-state index in [1.807, 2.05) is 24.3 Å². The van der Waals surface area contributed by atoms with Crippen LogP contribution in [0.4, 0.5) is 0 Å². The molecule has 164 valence electrons. The van der Waals surface area contributed by atoms with Gasteiger partial charge >= 0.3 is 5.69 Å². The summed E-state index contributed by atoms with van der Waals surface area (Å²) in [4.78, 5) is 44.3. The molecule has 0 saturated carbocycles. The molecule has 0 spiro atoms. The van der Waals surface area contributed by atoms with Crippen LogP contribution in [-0.2, 0) is 32.0 Å². The number of likely N-dealkylation sites (tertiary alicyclic amines) is 1. The molecule has 4 rings (SSSR count). The van der Waals surface area contributed by atoms with Crippen molar-refractivity contribution in [2.45, 2.75) is 32.0 Å². The predicted octanol–water partition coefficient (Wildman–Crippen LogP) is 0.868. The van der Waals surface area contributed by atoms with Crippen LogP contribution in [0.2, 0.25) is 5.02 Å². The van der Waals surface area contributed by atoms with Crippen LogP contribution in [0.15, 0.2) is 40.2 Å². The molecular weight excluding hydrogens is 420 g/mol. The van der Waals surface area contributed by atoms with Gasteiger partial charge < -0.3 is 9.88 Å². The number of halogens is 1. The molecule has 1 aromatic carbocycles. The van der Waals surface area contributed by atoms with Crippen LogP contribution in [0.25, 0.3) is 11.2 Å². The number of nitrogens with zero attached hydrogens (tertiary/aromatic N) is 5. The minimum absolute atomic E-state index is 0.0222. The molecule has 1 saturated heterocycles. The van der Waals surface area contributed by atoms with Crippen LogP contribution in [0, 0.1) is 0 Å². The third-order valence-electron chi connectivity index (χ3n) is 5.77. The Balaban J connectivity index is 1.37. The van der Waals surface area contributed by atoms with Crippen LogP contribution >= 0.6 is 11.6 Å². The molecule has 31 heavy (non-hydrogen) atoms. The first-order chi connectivity index (χ1) is 14.8. The number of rotatable bonds is 5. The minimum atomic E-state index is -0.552. The van der Waals surface area contributed by atoms with Crippen LogP contribution in [0.1, 0.15) is 18.4 Å². The van der Waals surface area contributed by atoms with E-state index in [0.717, 1.165) is 42.1 Å². The molecule has 0 atom stereocenters. The monoisotopic (exact) mass is 444 g/mol. The number of hydrogen-bond acceptors (Lipinski definition) is 5. The molecule has 3 aromatic rings. The van der Waals surface area contributed by atoms with Gasteiger partial charge in [-0.2, -0.15) is 0 Å². The maximum Gasteiger partial charge on any atom is 0.332 e. The molecule has 0 bridgehead atoms. The molecule has 1 aliphatic rings. The third kappa shape index (κ3) is 4.42. The number of hydrogen-bond donors (Lipinski definition) is 1. The van der Waals surface area contributed by atoms with Gasteiger partial charge in [-0.1, -0.05) is 23.7 Å². The van der Waals surface area contributed by atoms with Gasteiger partial charge in [-0.25, -0.2) is 14.3 Å². The normalized spacial score (nSPS) is 15.5. The summed E-state index contributed by atoms with van der Waals surface area (Å²) < 4.78 is 3.82. The van der Waals surface area contributed by atoms with E-state index < -0.39 is 11.2 Å². The number of amides is 1. The first kappa shape index (κ1) is 21.3. The molecule has 0 radical (unpaired) electrons. The average Bonchev–Trinajstić information content (AvgIpc) is 3.14. The zero-order valence-electron chi connectivity index (χ0n) is 17.5. The Labute approximate surface area is 183 Å². The number of imidazole rings is 1. The molecule has 3 heterocycles. The summed E-state index contributed by atoms with van der Waals surface area (Å²) in [6.07, 6.45) is 3.10. The lowest BCUT2D eigenvalue weighted by atomic mass is 10.0. The topological polar surface area (TPSA) is 94.2 Å². The van der Waals surface area contributed by atoms with Gasteiger partial charge in [-0.15, -0.1) is 0 Å². The van der Waals surface area contributed by atoms with Gasteiger partial charge in [0.05, 0.1) is 6.33 Å². The fourth-order valence-corrected chi connectivity index (χ4v) is 4.16. The summed E-state index contributed by atoms with van der Waals surface area (Å²) in [6.45, 7) is 2.25. The van der Waals surface area contributed by atoms with Crippen LogP contribution < -0.4 is 16.6 Å². The number of aromatic nitrogens is 4. The second-order valence-corrected chi connectivity index (χ2v) is 8.44. The SMILES string of the molecule is Cn1cnc2c1c(=O)n(CC(=O)NC1CCN(Cc3ccc(Cl)cc3)CC1)c(=O)n2C. The van der Waals surface area contributed by atoms with Crippen molar-refractivity contribution in [1.82, 2.24) is 28.9 Å². The Morgan fingerprint density at radius 1 is 1.16 bits per heavy atom. The maximum absolute atomic E-state index is 12.7. The zero-order valence-corrected chi connectivity index (χ0v) is 18.3. The van der Waals surface area contributed by atoms with E-state index in [1.165, 1.54) is 16.5 Å². The van der Waals surface area contributed by atoms with Gasteiger partial charge in [-0.3, -0.25) is 19.1 Å². The summed E-state index contributed by atoms with van der Waals surface area (Å²) in [7, 11) is 3.23. The Kier molecular flexibility index (Phi) is 5.97. The average molecular weight is 445 g/mol. The van der Waals surface area contributed by atoms with Gasteiger partial charge in [0.25, 0.3) is 5.56 Å². The smallest absolute Gasteiger partial charge is 0.332 e. The molecule has 1 aliphatic heterocycles.